The van der Waals surface area contributed by atoms with Gasteiger partial charge in [-0.2, -0.15) is 5.26 Å². The lowest BCUT2D eigenvalue weighted by atomic mass is 10.1. The van der Waals surface area contributed by atoms with E-state index in [-0.39, 0.29) is 18.9 Å². The van der Waals surface area contributed by atoms with Gasteiger partial charge in [-0.05, 0) is 12.5 Å². The number of nitrogens with zero attached hydrogens (tertiary/aromatic N) is 1. The smallest absolute Gasteiger partial charge is 0.326 e. The predicted octanol–water partition coefficient (Wildman–Crippen LogP) is 0.801. The molecular formula is C13H14N2O3. The van der Waals surface area contributed by atoms with Crippen molar-refractivity contribution < 1.29 is 14.3 Å². The Bertz CT molecular complexity index is 451. The normalized spacial score (nSPS) is 11.1. The number of nitriles is 1. The summed E-state index contributed by atoms with van der Waals surface area (Å²) >= 11 is 0. The van der Waals surface area contributed by atoms with Gasteiger partial charge in [0.15, 0.2) is 6.10 Å². The second kappa shape index (κ2) is 7.07. The van der Waals surface area contributed by atoms with Crippen LogP contribution < -0.4 is 5.32 Å². The van der Waals surface area contributed by atoms with Gasteiger partial charge in [0, 0.05) is 0 Å². The first-order valence-corrected chi connectivity index (χ1v) is 5.51. The van der Waals surface area contributed by atoms with Crippen molar-refractivity contribution in [3.05, 3.63) is 35.9 Å². The summed E-state index contributed by atoms with van der Waals surface area (Å²) in [4.78, 5) is 22.7. The molecule has 0 heterocycles. The molecule has 0 aliphatic rings. The Labute approximate surface area is 105 Å². The van der Waals surface area contributed by atoms with Gasteiger partial charge >= 0.3 is 5.97 Å². The van der Waals surface area contributed by atoms with Gasteiger partial charge in [0.05, 0.1) is 6.42 Å². The zero-order valence-corrected chi connectivity index (χ0v) is 10.1. The lowest BCUT2D eigenvalue weighted by molar-refractivity contribution is -0.146. The van der Waals surface area contributed by atoms with Crippen LogP contribution in [0.5, 0.6) is 0 Å². The second-order valence-electron chi connectivity index (χ2n) is 3.70. The summed E-state index contributed by atoms with van der Waals surface area (Å²) in [6.07, 6.45) is -0.592. The van der Waals surface area contributed by atoms with Crippen molar-refractivity contribution >= 4 is 11.9 Å². The van der Waals surface area contributed by atoms with Gasteiger partial charge in [-0.3, -0.25) is 9.59 Å². The first kappa shape index (κ1) is 13.7. The van der Waals surface area contributed by atoms with E-state index in [9.17, 15) is 9.59 Å². The fourth-order valence-corrected chi connectivity index (χ4v) is 1.28. The topological polar surface area (TPSA) is 79.2 Å². The van der Waals surface area contributed by atoms with Crippen LogP contribution in [0, 0.1) is 11.3 Å². The molecule has 1 rings (SSSR count). The molecule has 0 fully saturated rings. The van der Waals surface area contributed by atoms with Crippen LogP contribution in [0.15, 0.2) is 30.3 Å². The maximum atomic E-state index is 11.5. The van der Waals surface area contributed by atoms with Crippen LogP contribution in [0.1, 0.15) is 12.5 Å². The summed E-state index contributed by atoms with van der Waals surface area (Å²) < 4.78 is 4.69. The highest BCUT2D eigenvalue weighted by Crippen LogP contribution is 1.99. The van der Waals surface area contributed by atoms with Crippen LogP contribution in [-0.4, -0.2) is 24.5 Å². The standard InChI is InChI=1S/C13H14N2O3/c1-10(8-14)18-13(17)9-15-12(16)7-11-5-3-2-4-6-11/h2-6,10H,7,9H2,1H3,(H,15,16). The van der Waals surface area contributed by atoms with E-state index < -0.39 is 12.1 Å². The monoisotopic (exact) mass is 246 g/mol. The van der Waals surface area contributed by atoms with E-state index in [0.29, 0.717) is 0 Å². The maximum absolute atomic E-state index is 11.5. The van der Waals surface area contributed by atoms with E-state index in [1.165, 1.54) is 6.92 Å². The van der Waals surface area contributed by atoms with Crippen molar-refractivity contribution in [1.82, 2.24) is 5.32 Å². The molecule has 1 aromatic carbocycles. The predicted molar refractivity (Wildman–Crippen MR) is 64.3 cm³/mol. The van der Waals surface area contributed by atoms with Gasteiger partial charge < -0.3 is 10.1 Å². The molecule has 0 aliphatic carbocycles. The number of hydrogen-bond donors (Lipinski definition) is 1. The molecule has 1 unspecified atom stereocenters. The summed E-state index contributed by atoms with van der Waals surface area (Å²) in [5, 5.41) is 10.9. The molecule has 0 bridgehead atoms. The first-order valence-electron chi connectivity index (χ1n) is 5.51. The van der Waals surface area contributed by atoms with Crippen LogP contribution in [0.2, 0.25) is 0 Å². The minimum atomic E-state index is -0.802. The lowest BCUT2D eigenvalue weighted by Crippen LogP contribution is -2.32. The molecule has 1 atom stereocenters. The highest BCUT2D eigenvalue weighted by molar-refractivity contribution is 5.83. The Kier molecular flexibility index (Phi) is 5.39. The van der Waals surface area contributed by atoms with Crippen LogP contribution in [0.4, 0.5) is 0 Å². The Balaban J connectivity index is 2.30. The molecule has 1 N–H and O–H groups in total. The van der Waals surface area contributed by atoms with Gasteiger partial charge in [-0.15, -0.1) is 0 Å². The molecule has 0 aliphatic heterocycles. The van der Waals surface area contributed by atoms with Crippen molar-refractivity contribution in [3.8, 4) is 6.07 Å². The Morgan fingerprint density at radius 3 is 2.67 bits per heavy atom. The molecule has 5 nitrogen and oxygen atoms in total. The number of hydrogen-bond acceptors (Lipinski definition) is 4. The third kappa shape index (κ3) is 5.12. The molecule has 1 aromatic rings. The van der Waals surface area contributed by atoms with Gasteiger partial charge in [0.2, 0.25) is 5.91 Å². The lowest BCUT2D eigenvalue weighted by Gasteiger charge is -2.07. The number of amides is 1. The van der Waals surface area contributed by atoms with Crippen molar-refractivity contribution in [2.75, 3.05) is 6.54 Å². The van der Waals surface area contributed by atoms with E-state index in [1.54, 1.807) is 6.07 Å². The maximum Gasteiger partial charge on any atom is 0.326 e. The molecule has 0 saturated heterocycles. The van der Waals surface area contributed by atoms with Gasteiger partial charge in [0.1, 0.15) is 12.6 Å². The number of benzene rings is 1. The fraction of sp³-hybridized carbons (Fsp3) is 0.308. The van der Waals surface area contributed by atoms with Crippen molar-refractivity contribution in [3.63, 3.8) is 0 Å². The number of carbonyl (C=O) groups is 2. The number of rotatable bonds is 5. The minimum absolute atomic E-state index is 0.210. The average Bonchev–Trinajstić information content (AvgIpc) is 2.37. The van der Waals surface area contributed by atoms with Crippen LogP contribution in [0.3, 0.4) is 0 Å². The van der Waals surface area contributed by atoms with Crippen molar-refractivity contribution in [1.29, 1.82) is 5.26 Å². The highest BCUT2D eigenvalue weighted by atomic mass is 16.5. The van der Waals surface area contributed by atoms with E-state index >= 15 is 0 Å². The Hall–Kier alpha value is -2.35. The summed E-state index contributed by atoms with van der Waals surface area (Å²) in [5.41, 5.74) is 0.869. The molecule has 1 amide bonds. The summed E-state index contributed by atoms with van der Waals surface area (Å²) in [7, 11) is 0. The molecular weight excluding hydrogens is 232 g/mol. The molecule has 0 radical (unpaired) electrons. The third-order valence-electron chi connectivity index (χ3n) is 2.13. The van der Waals surface area contributed by atoms with Crippen LogP contribution in [0.25, 0.3) is 0 Å². The zero-order valence-electron chi connectivity index (χ0n) is 10.1. The number of ether oxygens (including phenoxy) is 1. The fourth-order valence-electron chi connectivity index (χ4n) is 1.28. The summed E-state index contributed by atoms with van der Waals surface area (Å²) in [6, 6.07) is 11.0. The molecule has 0 aromatic heterocycles. The van der Waals surface area contributed by atoms with E-state index in [0.717, 1.165) is 5.56 Å². The largest absolute Gasteiger partial charge is 0.446 e. The second-order valence-corrected chi connectivity index (χ2v) is 3.70. The van der Waals surface area contributed by atoms with Gasteiger partial charge in [-0.1, -0.05) is 30.3 Å². The number of esters is 1. The molecule has 0 saturated carbocycles. The third-order valence-corrected chi connectivity index (χ3v) is 2.13. The molecule has 18 heavy (non-hydrogen) atoms. The molecule has 94 valence electrons. The number of nitrogens with one attached hydrogen (secondary N) is 1. The SMILES string of the molecule is CC(C#N)OC(=O)CNC(=O)Cc1ccccc1. The number of carbonyl (C=O) groups excluding carboxylic acids is 2. The molecule has 0 spiro atoms. The Morgan fingerprint density at radius 2 is 2.06 bits per heavy atom. The zero-order chi connectivity index (χ0) is 13.4. The van der Waals surface area contributed by atoms with E-state index in [4.69, 9.17) is 5.26 Å². The van der Waals surface area contributed by atoms with Crippen LogP contribution >= 0.6 is 0 Å². The van der Waals surface area contributed by atoms with Gasteiger partial charge in [-0.25, -0.2) is 0 Å². The summed E-state index contributed by atoms with van der Waals surface area (Å²) in [5.74, 6) is -0.881. The van der Waals surface area contributed by atoms with E-state index in [1.807, 2.05) is 30.3 Å². The highest BCUT2D eigenvalue weighted by Gasteiger charge is 2.10. The summed E-state index contributed by atoms with van der Waals surface area (Å²) in [6.45, 7) is 1.24. The molecule has 5 heteroatoms. The van der Waals surface area contributed by atoms with E-state index in [2.05, 4.69) is 10.1 Å². The van der Waals surface area contributed by atoms with Crippen molar-refractivity contribution in [2.45, 2.75) is 19.4 Å². The Morgan fingerprint density at radius 1 is 1.39 bits per heavy atom. The van der Waals surface area contributed by atoms with Gasteiger partial charge in [0.25, 0.3) is 0 Å². The first-order chi connectivity index (χ1) is 8.61. The van der Waals surface area contributed by atoms with Crippen molar-refractivity contribution in [2.24, 2.45) is 0 Å². The van der Waals surface area contributed by atoms with Crippen LogP contribution in [-0.2, 0) is 20.7 Å². The quantitative estimate of drug-likeness (QED) is 0.779. The minimum Gasteiger partial charge on any atom is -0.446 e. The average molecular weight is 246 g/mol.